The Kier molecular flexibility index (Phi) is 3.85. The van der Waals surface area contributed by atoms with E-state index in [1.165, 1.54) is 0 Å². The average Bonchev–Trinajstić information content (AvgIpc) is 2.21. The summed E-state index contributed by atoms with van der Waals surface area (Å²) in [6.45, 7) is 6.95. The van der Waals surface area contributed by atoms with E-state index in [0.29, 0.717) is 5.82 Å². The summed E-state index contributed by atoms with van der Waals surface area (Å²) in [6.07, 6.45) is 1.09. The summed E-state index contributed by atoms with van der Waals surface area (Å²) in [5.74, 6) is 7.77. The van der Waals surface area contributed by atoms with Gasteiger partial charge in [0.25, 0.3) is 0 Å². The molecule has 0 unspecified atom stereocenters. The molecule has 0 amide bonds. The highest BCUT2D eigenvalue weighted by atomic mass is 15.3. The molecule has 0 saturated heterocycles. The van der Waals surface area contributed by atoms with Crippen LogP contribution >= 0.6 is 0 Å². The summed E-state index contributed by atoms with van der Waals surface area (Å²) >= 11 is 0. The van der Waals surface area contributed by atoms with E-state index >= 15 is 0 Å². The molecule has 1 heterocycles. The number of nitrogen functional groups attached to an aromatic ring is 1. The highest BCUT2D eigenvalue weighted by Crippen LogP contribution is 2.21. The normalized spacial score (nSPS) is 10.2. The minimum Gasteiger partial charge on any atom is -0.359 e. The smallest absolute Gasteiger partial charge is 0.148 e. The van der Waals surface area contributed by atoms with Crippen LogP contribution in [0.3, 0.4) is 0 Å². The first-order chi connectivity index (χ1) is 7.10. The zero-order valence-corrected chi connectivity index (χ0v) is 9.83. The molecule has 3 N–H and O–H groups in total. The van der Waals surface area contributed by atoms with Crippen LogP contribution in [0.5, 0.6) is 0 Å². The standard InChI is InChI=1S/C10H19N5/c1-5-6-15(4)10-7(2)9(14-11)12-8(3)13-10/h5-6,11H2,1-4H3,(H,12,13,14). The number of rotatable bonds is 4. The third-order valence-corrected chi connectivity index (χ3v) is 2.29. The second-order valence-electron chi connectivity index (χ2n) is 3.63. The fraction of sp³-hybridized carbons (Fsp3) is 0.600. The zero-order valence-electron chi connectivity index (χ0n) is 9.83. The van der Waals surface area contributed by atoms with Gasteiger partial charge in [0.2, 0.25) is 0 Å². The van der Waals surface area contributed by atoms with Crippen molar-refractivity contribution in [2.45, 2.75) is 27.2 Å². The molecule has 1 rings (SSSR count). The van der Waals surface area contributed by atoms with E-state index in [2.05, 4.69) is 27.2 Å². The van der Waals surface area contributed by atoms with Crippen LogP contribution in [0.25, 0.3) is 0 Å². The molecule has 5 nitrogen and oxygen atoms in total. The second-order valence-corrected chi connectivity index (χ2v) is 3.63. The molecular weight excluding hydrogens is 190 g/mol. The van der Waals surface area contributed by atoms with Crippen LogP contribution in [0.2, 0.25) is 0 Å². The summed E-state index contributed by atoms with van der Waals surface area (Å²) in [6, 6.07) is 0. The van der Waals surface area contributed by atoms with E-state index in [9.17, 15) is 0 Å². The molecule has 0 aliphatic heterocycles. The zero-order chi connectivity index (χ0) is 11.4. The van der Waals surface area contributed by atoms with Gasteiger partial charge in [0.15, 0.2) is 0 Å². The maximum atomic E-state index is 5.40. The van der Waals surface area contributed by atoms with E-state index in [0.717, 1.165) is 30.2 Å². The van der Waals surface area contributed by atoms with Crippen molar-refractivity contribution in [1.82, 2.24) is 9.97 Å². The van der Waals surface area contributed by atoms with Gasteiger partial charge in [0.05, 0.1) is 0 Å². The Morgan fingerprint density at radius 3 is 2.53 bits per heavy atom. The molecule has 0 bridgehead atoms. The van der Waals surface area contributed by atoms with E-state index in [4.69, 9.17) is 5.84 Å². The summed E-state index contributed by atoms with van der Waals surface area (Å²) in [5.41, 5.74) is 3.58. The number of nitrogens with zero attached hydrogens (tertiary/aromatic N) is 3. The van der Waals surface area contributed by atoms with Crippen molar-refractivity contribution in [3.63, 3.8) is 0 Å². The molecule has 0 radical (unpaired) electrons. The number of nitrogens with two attached hydrogens (primary N) is 1. The van der Waals surface area contributed by atoms with Crippen LogP contribution in [0, 0.1) is 13.8 Å². The first kappa shape index (κ1) is 11.7. The lowest BCUT2D eigenvalue weighted by atomic mass is 10.3. The van der Waals surface area contributed by atoms with Crippen LogP contribution in [0.1, 0.15) is 24.7 Å². The lowest BCUT2D eigenvalue weighted by Crippen LogP contribution is -2.22. The second kappa shape index (κ2) is 4.93. The predicted octanol–water partition coefficient (Wildman–Crippen LogP) is 1.23. The third kappa shape index (κ3) is 2.56. The van der Waals surface area contributed by atoms with Crippen LogP contribution in [-0.2, 0) is 0 Å². The number of nitrogens with one attached hydrogen (secondary N) is 1. The summed E-state index contributed by atoms with van der Waals surface area (Å²) < 4.78 is 0. The third-order valence-electron chi connectivity index (χ3n) is 2.29. The minimum absolute atomic E-state index is 0.695. The molecule has 15 heavy (non-hydrogen) atoms. The van der Waals surface area contributed by atoms with Gasteiger partial charge < -0.3 is 10.3 Å². The first-order valence-corrected chi connectivity index (χ1v) is 5.13. The lowest BCUT2D eigenvalue weighted by Gasteiger charge is -2.20. The van der Waals surface area contributed by atoms with Crippen molar-refractivity contribution < 1.29 is 0 Å². The highest BCUT2D eigenvalue weighted by molar-refractivity contribution is 5.57. The maximum Gasteiger partial charge on any atom is 0.148 e. The Morgan fingerprint density at radius 1 is 1.33 bits per heavy atom. The van der Waals surface area contributed by atoms with Gasteiger partial charge in [-0.2, -0.15) is 0 Å². The molecule has 0 fully saturated rings. The maximum absolute atomic E-state index is 5.40. The number of hydrogen-bond donors (Lipinski definition) is 2. The average molecular weight is 209 g/mol. The quantitative estimate of drug-likeness (QED) is 0.576. The Balaban J connectivity index is 3.11. The Bertz CT molecular complexity index is 337. The Labute approximate surface area is 90.7 Å². The molecule has 0 saturated carbocycles. The summed E-state index contributed by atoms with van der Waals surface area (Å²) in [5, 5.41) is 0. The number of anilines is 2. The van der Waals surface area contributed by atoms with Gasteiger partial charge in [0.1, 0.15) is 17.5 Å². The van der Waals surface area contributed by atoms with Crippen molar-refractivity contribution >= 4 is 11.6 Å². The SMILES string of the molecule is CCCN(C)c1nc(C)nc(NN)c1C. The van der Waals surface area contributed by atoms with Crippen LogP contribution in [0.15, 0.2) is 0 Å². The predicted molar refractivity (Wildman–Crippen MR) is 62.9 cm³/mol. The molecule has 0 aromatic carbocycles. The number of aryl methyl sites for hydroxylation is 1. The largest absolute Gasteiger partial charge is 0.359 e. The molecule has 5 heteroatoms. The van der Waals surface area contributed by atoms with Gasteiger partial charge in [-0.15, -0.1) is 0 Å². The van der Waals surface area contributed by atoms with Gasteiger partial charge in [-0.25, -0.2) is 15.8 Å². The monoisotopic (exact) mass is 209 g/mol. The molecule has 0 aliphatic rings. The highest BCUT2D eigenvalue weighted by Gasteiger charge is 2.11. The molecule has 0 aliphatic carbocycles. The van der Waals surface area contributed by atoms with Gasteiger partial charge in [-0.1, -0.05) is 6.92 Å². The van der Waals surface area contributed by atoms with Gasteiger partial charge in [-0.05, 0) is 20.3 Å². The molecule has 1 aromatic heterocycles. The van der Waals surface area contributed by atoms with Gasteiger partial charge in [0, 0.05) is 19.2 Å². The number of hydrogen-bond acceptors (Lipinski definition) is 5. The van der Waals surface area contributed by atoms with E-state index in [1.807, 2.05) is 20.9 Å². The van der Waals surface area contributed by atoms with Crippen molar-refractivity contribution in [2.24, 2.45) is 5.84 Å². The van der Waals surface area contributed by atoms with E-state index in [-0.39, 0.29) is 0 Å². The van der Waals surface area contributed by atoms with E-state index < -0.39 is 0 Å². The fourth-order valence-electron chi connectivity index (χ4n) is 1.57. The minimum atomic E-state index is 0.695. The van der Waals surface area contributed by atoms with Crippen LogP contribution in [0.4, 0.5) is 11.6 Å². The van der Waals surface area contributed by atoms with Gasteiger partial charge >= 0.3 is 0 Å². The number of aromatic nitrogens is 2. The van der Waals surface area contributed by atoms with Crippen molar-refractivity contribution in [1.29, 1.82) is 0 Å². The topological polar surface area (TPSA) is 67.1 Å². The Morgan fingerprint density at radius 2 is 2.00 bits per heavy atom. The van der Waals surface area contributed by atoms with Crippen LogP contribution < -0.4 is 16.2 Å². The van der Waals surface area contributed by atoms with Crippen LogP contribution in [-0.4, -0.2) is 23.6 Å². The fourth-order valence-corrected chi connectivity index (χ4v) is 1.57. The summed E-state index contributed by atoms with van der Waals surface area (Å²) in [4.78, 5) is 10.8. The summed E-state index contributed by atoms with van der Waals surface area (Å²) in [7, 11) is 2.03. The van der Waals surface area contributed by atoms with Crippen molar-refractivity contribution in [2.75, 3.05) is 23.9 Å². The molecule has 0 atom stereocenters. The molecule has 1 aromatic rings. The molecule has 84 valence electrons. The Hall–Kier alpha value is -1.36. The lowest BCUT2D eigenvalue weighted by molar-refractivity contribution is 0.823. The molecule has 0 spiro atoms. The molecular formula is C10H19N5. The van der Waals surface area contributed by atoms with Crippen molar-refractivity contribution in [3.05, 3.63) is 11.4 Å². The number of hydrazine groups is 1. The van der Waals surface area contributed by atoms with E-state index in [1.54, 1.807) is 0 Å². The first-order valence-electron chi connectivity index (χ1n) is 5.13. The van der Waals surface area contributed by atoms with Crippen molar-refractivity contribution in [3.8, 4) is 0 Å². The van der Waals surface area contributed by atoms with Gasteiger partial charge in [-0.3, -0.25) is 0 Å².